The molecule has 106 valence electrons. The molecule has 0 bridgehead atoms. The van der Waals surface area contributed by atoms with Crippen LogP contribution in [0, 0.1) is 17.5 Å². The highest BCUT2D eigenvalue weighted by molar-refractivity contribution is 5.67. The first-order valence-corrected chi connectivity index (χ1v) is 5.26. The molecule has 0 spiro atoms. The molecule has 7 heteroatoms. The van der Waals surface area contributed by atoms with Gasteiger partial charge in [0.15, 0.2) is 11.6 Å². The quantitative estimate of drug-likeness (QED) is 0.767. The smallest absolute Gasteiger partial charge is 0.419 e. The van der Waals surface area contributed by atoms with Crippen molar-refractivity contribution in [1.82, 2.24) is 0 Å². The van der Waals surface area contributed by atoms with Crippen LogP contribution in [0.5, 0.6) is 5.75 Å². The van der Waals surface area contributed by atoms with E-state index in [0.717, 1.165) is 24.3 Å². The summed E-state index contributed by atoms with van der Waals surface area (Å²) in [6, 6.07) is 3.79. The van der Waals surface area contributed by atoms with Gasteiger partial charge in [-0.15, -0.1) is 0 Å². The summed E-state index contributed by atoms with van der Waals surface area (Å²) in [4.78, 5) is 0. The Morgan fingerprint density at radius 2 is 1.35 bits per heavy atom. The van der Waals surface area contributed by atoms with Crippen molar-refractivity contribution in [3.8, 4) is 16.9 Å². The summed E-state index contributed by atoms with van der Waals surface area (Å²) in [5.41, 5.74) is -3.02. The maximum absolute atomic E-state index is 13.8. The van der Waals surface area contributed by atoms with E-state index in [4.69, 9.17) is 5.11 Å². The fourth-order valence-corrected chi connectivity index (χ4v) is 1.71. The molecule has 0 heterocycles. The monoisotopic (exact) mass is 292 g/mol. The van der Waals surface area contributed by atoms with Gasteiger partial charge in [0.1, 0.15) is 5.82 Å². The predicted octanol–water partition coefficient (Wildman–Crippen LogP) is 4.50. The summed E-state index contributed by atoms with van der Waals surface area (Å²) < 4.78 is 78.2. The normalized spacial score (nSPS) is 11.7. The summed E-state index contributed by atoms with van der Waals surface area (Å²) in [5.74, 6) is -6.00. The number of phenols is 1. The minimum Gasteiger partial charge on any atom is -0.505 e. The van der Waals surface area contributed by atoms with Crippen molar-refractivity contribution in [2.75, 3.05) is 0 Å². The van der Waals surface area contributed by atoms with Gasteiger partial charge < -0.3 is 5.11 Å². The van der Waals surface area contributed by atoms with Crippen LogP contribution in [-0.2, 0) is 6.18 Å². The number of halogens is 6. The van der Waals surface area contributed by atoms with Crippen molar-refractivity contribution < 1.29 is 31.4 Å². The maximum atomic E-state index is 13.8. The second-order valence-corrected chi connectivity index (χ2v) is 3.93. The summed E-state index contributed by atoms with van der Waals surface area (Å²) in [6.07, 6.45) is -4.95. The Bertz CT molecular complexity index is 663. The van der Waals surface area contributed by atoms with Crippen molar-refractivity contribution in [2.24, 2.45) is 0 Å². The van der Waals surface area contributed by atoms with E-state index in [1.54, 1.807) is 0 Å². The summed E-state index contributed by atoms with van der Waals surface area (Å²) in [7, 11) is 0. The predicted molar refractivity (Wildman–Crippen MR) is 58.4 cm³/mol. The highest BCUT2D eigenvalue weighted by atomic mass is 19.4. The van der Waals surface area contributed by atoms with Crippen LogP contribution in [0.25, 0.3) is 11.1 Å². The van der Waals surface area contributed by atoms with E-state index in [-0.39, 0.29) is 0 Å². The van der Waals surface area contributed by atoms with Crippen LogP contribution in [0.3, 0.4) is 0 Å². The summed E-state index contributed by atoms with van der Waals surface area (Å²) in [6.45, 7) is 0. The number of alkyl halides is 3. The topological polar surface area (TPSA) is 20.2 Å². The minimum absolute atomic E-state index is 0.494. The molecular weight excluding hydrogens is 286 g/mol. The fourth-order valence-electron chi connectivity index (χ4n) is 1.71. The molecule has 0 unspecified atom stereocenters. The molecule has 1 N–H and O–H groups in total. The molecule has 0 aliphatic carbocycles. The van der Waals surface area contributed by atoms with E-state index in [1.807, 2.05) is 0 Å². The number of phenolic OH excluding ortho intramolecular Hbond substituents is 1. The van der Waals surface area contributed by atoms with Gasteiger partial charge in [-0.05, 0) is 18.2 Å². The van der Waals surface area contributed by atoms with Gasteiger partial charge in [-0.2, -0.15) is 17.6 Å². The molecule has 20 heavy (non-hydrogen) atoms. The molecule has 2 rings (SSSR count). The average molecular weight is 292 g/mol. The molecule has 0 atom stereocenters. The molecule has 2 aromatic carbocycles. The first-order chi connectivity index (χ1) is 9.23. The third-order valence-corrected chi connectivity index (χ3v) is 2.66. The minimum atomic E-state index is -4.95. The number of benzene rings is 2. The van der Waals surface area contributed by atoms with Gasteiger partial charge in [0.25, 0.3) is 0 Å². The zero-order chi connectivity index (χ0) is 15.1. The Morgan fingerprint density at radius 1 is 0.750 bits per heavy atom. The first kappa shape index (κ1) is 14.2. The molecule has 0 amide bonds. The average Bonchev–Trinajstić information content (AvgIpc) is 2.36. The lowest BCUT2D eigenvalue weighted by Crippen LogP contribution is -2.09. The zero-order valence-electron chi connectivity index (χ0n) is 9.60. The molecule has 0 radical (unpaired) electrons. The van der Waals surface area contributed by atoms with Crippen LogP contribution in [0.1, 0.15) is 5.56 Å². The van der Waals surface area contributed by atoms with E-state index in [9.17, 15) is 26.3 Å². The van der Waals surface area contributed by atoms with Crippen molar-refractivity contribution in [3.05, 3.63) is 53.3 Å². The molecule has 2 aromatic rings. The van der Waals surface area contributed by atoms with Crippen LogP contribution in [0.2, 0.25) is 0 Å². The molecule has 0 fully saturated rings. The molecule has 0 aliphatic heterocycles. The lowest BCUT2D eigenvalue weighted by Gasteiger charge is -2.12. The molecule has 0 saturated heterocycles. The second kappa shape index (κ2) is 4.73. The first-order valence-electron chi connectivity index (χ1n) is 5.26. The van der Waals surface area contributed by atoms with Crippen LogP contribution in [-0.4, -0.2) is 5.11 Å². The summed E-state index contributed by atoms with van der Waals surface area (Å²) >= 11 is 0. The Labute approximate surface area is 109 Å². The van der Waals surface area contributed by atoms with Gasteiger partial charge in [0.2, 0.25) is 5.82 Å². The van der Waals surface area contributed by atoms with Gasteiger partial charge in [-0.1, -0.05) is 12.1 Å². The van der Waals surface area contributed by atoms with E-state index < -0.39 is 46.1 Å². The molecule has 1 nitrogen and oxygen atoms in total. The van der Waals surface area contributed by atoms with Crippen LogP contribution < -0.4 is 0 Å². The number of rotatable bonds is 1. The third-order valence-electron chi connectivity index (χ3n) is 2.66. The lowest BCUT2D eigenvalue weighted by atomic mass is 10.0. The molecule has 0 aromatic heterocycles. The number of hydrogen-bond donors (Lipinski definition) is 1. The Hall–Kier alpha value is -2.18. The highest BCUT2D eigenvalue weighted by Gasteiger charge is 2.35. The van der Waals surface area contributed by atoms with E-state index >= 15 is 0 Å². The molecule has 0 aliphatic rings. The van der Waals surface area contributed by atoms with Crippen molar-refractivity contribution >= 4 is 0 Å². The number of aromatic hydroxyl groups is 1. The van der Waals surface area contributed by atoms with Crippen LogP contribution in [0.4, 0.5) is 26.3 Å². The largest absolute Gasteiger partial charge is 0.505 e. The van der Waals surface area contributed by atoms with Crippen molar-refractivity contribution in [3.63, 3.8) is 0 Å². The lowest BCUT2D eigenvalue weighted by molar-refractivity contribution is -0.139. The number of hydrogen-bond acceptors (Lipinski definition) is 1. The zero-order valence-corrected chi connectivity index (χ0v) is 9.60. The van der Waals surface area contributed by atoms with Gasteiger partial charge >= 0.3 is 6.18 Å². The second-order valence-electron chi connectivity index (χ2n) is 3.93. The summed E-state index contributed by atoms with van der Waals surface area (Å²) in [5, 5.41) is 8.94. The van der Waals surface area contributed by atoms with Gasteiger partial charge in [-0.25, -0.2) is 8.78 Å². The standard InChI is InChI=1S/C13H6F6O/c14-10-6(2-1-3-8(10)13(17,18)19)7-4-5-9(20)12(16)11(7)15/h1-5,20H. The van der Waals surface area contributed by atoms with Crippen LogP contribution in [0.15, 0.2) is 30.3 Å². The highest BCUT2D eigenvalue weighted by Crippen LogP contribution is 2.37. The maximum Gasteiger partial charge on any atom is 0.419 e. The Balaban J connectivity index is 2.69. The third kappa shape index (κ3) is 2.31. The Kier molecular flexibility index (Phi) is 3.37. The molecule has 0 saturated carbocycles. The van der Waals surface area contributed by atoms with E-state index in [2.05, 4.69) is 0 Å². The Morgan fingerprint density at radius 3 is 1.95 bits per heavy atom. The van der Waals surface area contributed by atoms with Gasteiger partial charge in [-0.3, -0.25) is 0 Å². The fraction of sp³-hybridized carbons (Fsp3) is 0.0769. The van der Waals surface area contributed by atoms with Crippen molar-refractivity contribution in [2.45, 2.75) is 6.18 Å². The van der Waals surface area contributed by atoms with E-state index in [0.29, 0.717) is 6.07 Å². The SMILES string of the molecule is Oc1ccc(-c2cccc(C(F)(F)F)c2F)c(F)c1F. The van der Waals surface area contributed by atoms with E-state index in [1.165, 1.54) is 0 Å². The van der Waals surface area contributed by atoms with Gasteiger partial charge in [0, 0.05) is 11.1 Å². The van der Waals surface area contributed by atoms with Gasteiger partial charge in [0.05, 0.1) is 5.56 Å². The van der Waals surface area contributed by atoms with Crippen LogP contribution >= 0.6 is 0 Å². The van der Waals surface area contributed by atoms with Crippen molar-refractivity contribution in [1.29, 1.82) is 0 Å². The molecular formula is C13H6F6O.